The Balaban J connectivity index is 1.42. The van der Waals surface area contributed by atoms with E-state index >= 15 is 8.78 Å². The van der Waals surface area contributed by atoms with Gasteiger partial charge in [-0.2, -0.15) is 0 Å². The van der Waals surface area contributed by atoms with Crippen LogP contribution in [-0.2, 0) is 8.32 Å². The summed E-state index contributed by atoms with van der Waals surface area (Å²) in [6.45, 7) is 0. The third kappa shape index (κ3) is 4.34. The first-order valence-corrected chi connectivity index (χ1v) is 19.3. The van der Waals surface area contributed by atoms with Crippen LogP contribution in [0.3, 0.4) is 0 Å². The standard InChI is InChI=1S/C32H16N8.C4HF7O2.Ga/c1-2-10-18-17(9-1)25-33-26(18)38-28-21-13-5-6-14-22(21)30(35-28)40-32-24-16-8-7-15-23(24)31(36-32)39-29-20-12-4-3-11-19(20)27(34-29)37-25;5-2(6,1(12)13)3(7,8)4(9,10)11;/h1-16H;(H,12,13);/q-2;;+3/p-1. The first-order chi connectivity index (χ1) is 25.8. The molecule has 0 unspecified atom stereocenters. The molecule has 0 radical (unpaired) electrons. The van der Waals surface area contributed by atoms with Gasteiger partial charge in [0.15, 0.2) is 0 Å². The van der Waals surface area contributed by atoms with Gasteiger partial charge in [0.2, 0.25) is 0 Å². The number of hydrogen-bond acceptors (Lipinski definition) is 8. The van der Waals surface area contributed by atoms with E-state index in [9.17, 15) is 26.7 Å². The van der Waals surface area contributed by atoms with Crippen molar-refractivity contribution in [3.8, 4) is 0 Å². The van der Waals surface area contributed by atoms with Crippen LogP contribution in [0.15, 0.2) is 127 Å². The Hall–Kier alpha value is -6.14. The van der Waals surface area contributed by atoms with Gasteiger partial charge in [0, 0.05) is 0 Å². The van der Waals surface area contributed by atoms with Crippen molar-refractivity contribution in [2.45, 2.75) is 18.0 Å². The summed E-state index contributed by atoms with van der Waals surface area (Å²) in [6.07, 6.45) is -6.80. The minimum atomic E-state index is -6.80. The molecule has 54 heavy (non-hydrogen) atoms. The molecular weight excluding hydrogens is 779 g/mol. The summed E-state index contributed by atoms with van der Waals surface area (Å²) in [5.41, 5.74) is 2.09. The van der Waals surface area contributed by atoms with Crippen LogP contribution in [-0.4, -0.2) is 70.9 Å². The number of benzene rings is 4. The molecule has 10 nitrogen and oxygen atoms in total. The van der Waals surface area contributed by atoms with Crippen molar-refractivity contribution in [3.63, 3.8) is 0 Å². The summed E-state index contributed by atoms with van der Waals surface area (Å²) >= 11 is -5.29. The van der Waals surface area contributed by atoms with Crippen LogP contribution in [0.25, 0.3) is 21.5 Å². The Bertz CT molecular complexity index is 2800. The molecule has 0 atom stereocenters. The molecule has 6 aromatic rings. The zero-order chi connectivity index (χ0) is 37.3. The number of carbonyl (C=O) groups excluding carboxylic acids is 1. The van der Waals surface area contributed by atoms with E-state index in [1.807, 2.05) is 0 Å². The Morgan fingerprint density at radius 2 is 0.870 bits per heavy atom. The summed E-state index contributed by atoms with van der Waals surface area (Å²) in [6, 6.07) is 27.1. The molecule has 18 heteroatoms. The zero-order valence-corrected chi connectivity index (χ0v) is 29.3. The Kier molecular flexibility index (Phi) is 6.59. The van der Waals surface area contributed by atoms with Gasteiger partial charge in [-0.05, 0) is 0 Å². The molecule has 10 rings (SSSR count). The third-order valence-electron chi connectivity index (χ3n) is 9.48. The molecule has 0 spiro atoms. The number of carbonyl (C=O) groups is 1. The number of halogens is 7. The number of alkyl halides is 7. The second-order valence-electron chi connectivity index (χ2n) is 12.6. The van der Waals surface area contributed by atoms with E-state index in [1.54, 1.807) is 97.1 Å². The van der Waals surface area contributed by atoms with E-state index < -0.39 is 41.1 Å². The Morgan fingerprint density at radius 1 is 0.500 bits per heavy atom. The molecule has 0 saturated carbocycles. The SMILES string of the molecule is O=C([O][Ga]1[n]2c3c4ccccc4c2N=C2N=C(N=c4c5ccccc5c([n]41)=NC1=NC(=N3)c3ccccc31)c1ccccc12)C(F)(F)C(F)(F)C(F)(F)F. The van der Waals surface area contributed by atoms with Gasteiger partial charge in [-0.1, -0.05) is 0 Å². The maximum atomic E-state index is 15.3. The molecule has 264 valence electrons. The molecule has 6 heterocycles. The van der Waals surface area contributed by atoms with Crippen molar-refractivity contribution in [2.24, 2.45) is 30.0 Å². The van der Waals surface area contributed by atoms with Gasteiger partial charge in [0.25, 0.3) is 0 Å². The van der Waals surface area contributed by atoms with Gasteiger partial charge < -0.3 is 0 Å². The van der Waals surface area contributed by atoms with Crippen molar-refractivity contribution in [1.29, 1.82) is 0 Å². The fourth-order valence-electron chi connectivity index (χ4n) is 6.97. The predicted octanol–water partition coefficient (Wildman–Crippen LogP) is 6.30. The predicted molar refractivity (Wildman–Crippen MR) is 183 cm³/mol. The summed E-state index contributed by atoms with van der Waals surface area (Å²) in [5, 5.41) is 1.42. The second kappa shape index (κ2) is 11.0. The molecule has 4 aliphatic heterocycles. The number of rotatable bonds is 3. The van der Waals surface area contributed by atoms with E-state index in [-0.39, 0.29) is 46.0 Å². The van der Waals surface area contributed by atoms with Crippen molar-refractivity contribution >= 4 is 79.6 Å². The van der Waals surface area contributed by atoms with E-state index in [0.717, 1.165) is 0 Å². The number of amidine groups is 4. The Morgan fingerprint density at radius 3 is 1.28 bits per heavy atom. The molecule has 4 aromatic carbocycles. The van der Waals surface area contributed by atoms with Crippen molar-refractivity contribution in [1.82, 2.24) is 6.55 Å². The van der Waals surface area contributed by atoms with Gasteiger partial charge in [-0.3, -0.25) is 0 Å². The van der Waals surface area contributed by atoms with Crippen LogP contribution in [0.2, 0.25) is 0 Å². The van der Waals surface area contributed by atoms with Crippen LogP contribution in [0.1, 0.15) is 22.3 Å². The van der Waals surface area contributed by atoms with Crippen LogP contribution in [0.4, 0.5) is 42.4 Å². The van der Waals surface area contributed by atoms with E-state index in [1.165, 1.54) is 6.55 Å². The number of aromatic nitrogens is 2. The summed E-state index contributed by atoms with van der Waals surface area (Å²) in [7, 11) is 0. The fourth-order valence-corrected chi connectivity index (χ4v) is 12.0. The molecule has 6 bridgehead atoms. The summed E-state index contributed by atoms with van der Waals surface area (Å²) < 4.78 is 108. The maximum absolute atomic E-state index is 15.3. The monoisotopic (exact) mass is 794 g/mol. The van der Waals surface area contributed by atoms with Crippen LogP contribution >= 0.6 is 0 Å². The fraction of sp³-hybridized carbons (Fsp3) is 0.0833. The quantitative estimate of drug-likeness (QED) is 0.155. The van der Waals surface area contributed by atoms with E-state index in [4.69, 9.17) is 33.5 Å². The van der Waals surface area contributed by atoms with Gasteiger partial charge in [0.1, 0.15) is 0 Å². The minimum absolute atomic E-state index is 0.0314. The summed E-state index contributed by atoms with van der Waals surface area (Å²) in [4.78, 5) is 42.4. The van der Waals surface area contributed by atoms with Gasteiger partial charge in [-0.25, -0.2) is 0 Å². The number of aliphatic imine (C=N–C) groups is 4. The first kappa shape index (κ1) is 32.5. The number of hydrogen-bond donors (Lipinski definition) is 0. The summed E-state index contributed by atoms with van der Waals surface area (Å²) in [5.74, 6) is -15.8. The first-order valence-electron chi connectivity index (χ1n) is 16.1. The zero-order valence-electron chi connectivity index (χ0n) is 26.9. The molecule has 0 saturated heterocycles. The average molecular weight is 795 g/mol. The molecular formula is C36H16F7GaN8O2. The van der Waals surface area contributed by atoms with Crippen LogP contribution < -0.4 is 11.0 Å². The second-order valence-corrected chi connectivity index (χ2v) is 16.6. The van der Waals surface area contributed by atoms with E-state index in [0.29, 0.717) is 43.8 Å². The topological polar surface area (TPSA) is 110 Å². The van der Waals surface area contributed by atoms with Crippen molar-refractivity contribution < 1.29 is 39.1 Å². The van der Waals surface area contributed by atoms with Crippen LogP contribution in [0.5, 0.6) is 0 Å². The van der Waals surface area contributed by atoms with Gasteiger partial charge >= 0.3 is 303 Å². The molecule has 0 fully saturated rings. The number of fused-ring (bicyclic) bond motifs is 14. The normalized spacial score (nSPS) is 15.7. The van der Waals surface area contributed by atoms with Crippen molar-refractivity contribution in [3.05, 3.63) is 130 Å². The average Bonchev–Trinajstić information content (AvgIpc) is 3.86. The van der Waals surface area contributed by atoms with Gasteiger partial charge in [0.05, 0.1) is 0 Å². The molecule has 0 N–H and O–H groups in total. The molecule has 2 aromatic heterocycles. The third-order valence-corrected chi connectivity index (χ3v) is 14.3. The molecule has 0 aliphatic carbocycles. The molecule has 0 amide bonds. The van der Waals surface area contributed by atoms with Crippen LogP contribution in [0, 0.1) is 0 Å². The van der Waals surface area contributed by atoms with E-state index in [2.05, 4.69) is 0 Å². The Labute approximate surface area is 302 Å². The van der Waals surface area contributed by atoms with Crippen molar-refractivity contribution in [2.75, 3.05) is 0 Å². The number of nitrogens with zero attached hydrogens (tertiary/aromatic N) is 8. The van der Waals surface area contributed by atoms with Gasteiger partial charge in [-0.15, -0.1) is 0 Å². The molecule has 4 aliphatic rings.